The number of piperidine rings is 1. The van der Waals surface area contributed by atoms with Gasteiger partial charge in [0, 0.05) is 61.3 Å². The minimum atomic E-state index is -2.64. The predicted molar refractivity (Wildman–Crippen MR) is 152 cm³/mol. The van der Waals surface area contributed by atoms with Gasteiger partial charge in [-0.25, -0.2) is 8.78 Å². The van der Waals surface area contributed by atoms with E-state index in [0.717, 1.165) is 62.3 Å². The zero-order chi connectivity index (χ0) is 28.8. The summed E-state index contributed by atoms with van der Waals surface area (Å²) >= 11 is 0. The van der Waals surface area contributed by atoms with Crippen molar-refractivity contribution >= 4 is 5.91 Å². The molecule has 3 heterocycles. The van der Waals surface area contributed by atoms with Gasteiger partial charge < -0.3 is 9.88 Å². The number of benzene rings is 1. The lowest BCUT2D eigenvalue weighted by Gasteiger charge is -2.40. The third kappa shape index (κ3) is 7.25. The molecule has 1 aromatic carbocycles. The van der Waals surface area contributed by atoms with Crippen molar-refractivity contribution in [1.29, 1.82) is 0 Å². The molecule has 2 bridgehead atoms. The summed E-state index contributed by atoms with van der Waals surface area (Å²) in [6, 6.07) is 11.2. The number of fused-ring (bicyclic) bond motifs is 2. The Balaban J connectivity index is 1.20. The Bertz CT molecular complexity index is 1190. The topological polar surface area (TPSA) is 112 Å². The smallest absolute Gasteiger partial charge is 0.248 e. The minimum absolute atomic E-state index is 0.0916. The van der Waals surface area contributed by atoms with E-state index in [9.17, 15) is 13.6 Å². The van der Waals surface area contributed by atoms with Crippen LogP contribution in [0.5, 0.6) is 0 Å². The first-order valence-electron chi connectivity index (χ1n) is 15.2. The van der Waals surface area contributed by atoms with Crippen LogP contribution in [0.15, 0.2) is 35.4 Å². The number of unbranched alkanes of at least 4 members (excludes halogenated alkanes) is 1. The quantitative estimate of drug-likeness (QED) is 0.137. The molecule has 2 unspecified atom stereocenters. The fourth-order valence-corrected chi connectivity index (χ4v) is 7.27. The van der Waals surface area contributed by atoms with E-state index in [1.807, 2.05) is 37.3 Å². The van der Waals surface area contributed by atoms with Crippen molar-refractivity contribution in [3.05, 3.63) is 58.0 Å². The molecule has 9 nitrogen and oxygen atoms in total. The lowest BCUT2D eigenvalue weighted by Crippen LogP contribution is -2.45. The Kier molecular flexibility index (Phi) is 9.55. The Morgan fingerprint density at radius 3 is 2.49 bits per heavy atom. The second kappa shape index (κ2) is 13.3. The molecule has 2 saturated heterocycles. The summed E-state index contributed by atoms with van der Waals surface area (Å²) in [7, 11) is 0. The first-order valence-corrected chi connectivity index (χ1v) is 15.2. The molecule has 1 saturated carbocycles. The number of aryl methyl sites for hydroxylation is 2. The third-order valence-corrected chi connectivity index (χ3v) is 9.42. The molecule has 1 aliphatic carbocycles. The molecule has 0 radical (unpaired) electrons. The molecule has 41 heavy (non-hydrogen) atoms. The molecule has 11 heteroatoms. The number of aromatic nitrogens is 3. The van der Waals surface area contributed by atoms with Crippen LogP contribution in [0.1, 0.15) is 99.9 Å². The lowest BCUT2D eigenvalue weighted by molar-refractivity contribution is -0.130. The van der Waals surface area contributed by atoms with Crippen molar-refractivity contribution in [3.63, 3.8) is 0 Å². The number of carbonyl (C=O) groups is 1. The number of amides is 1. The van der Waals surface area contributed by atoms with Crippen LogP contribution >= 0.6 is 0 Å². The second-order valence-corrected chi connectivity index (χ2v) is 12.1. The fraction of sp³-hybridized carbons (Fsp3) is 0.700. The third-order valence-electron chi connectivity index (χ3n) is 9.42. The highest BCUT2D eigenvalue weighted by atomic mass is 19.3. The maximum absolute atomic E-state index is 13.7. The van der Waals surface area contributed by atoms with Crippen LogP contribution in [-0.2, 0) is 11.2 Å². The monoisotopic (exact) mass is 568 g/mol. The summed E-state index contributed by atoms with van der Waals surface area (Å²) in [5, 5.41) is 15.8. The minimum Gasteiger partial charge on any atom is -0.349 e. The number of halogens is 2. The molecule has 3 aliphatic rings. The van der Waals surface area contributed by atoms with Crippen molar-refractivity contribution in [1.82, 2.24) is 25.0 Å². The molecule has 222 valence electrons. The highest BCUT2D eigenvalue weighted by molar-refractivity contribution is 5.79. The SMILES string of the molecule is Cc1nnc(CCCCN=[N+]=[N-])n1C1CC2CCC(C1)N2CC[C@H](NC(=O)C1CCC(F)(F)CC1)c1ccccc1. The van der Waals surface area contributed by atoms with Gasteiger partial charge >= 0.3 is 0 Å². The number of alkyl halides is 2. The molecule has 1 amide bonds. The molecule has 2 aliphatic heterocycles. The zero-order valence-electron chi connectivity index (χ0n) is 24.0. The molecule has 1 N–H and O–H groups in total. The number of carbonyl (C=O) groups excluding carboxylic acids is 1. The number of hydrogen-bond acceptors (Lipinski definition) is 5. The second-order valence-electron chi connectivity index (χ2n) is 12.1. The number of hydrogen-bond donors (Lipinski definition) is 1. The summed E-state index contributed by atoms with van der Waals surface area (Å²) in [5.41, 5.74) is 9.56. The van der Waals surface area contributed by atoms with Gasteiger partial charge in [-0.05, 0) is 75.8 Å². The summed E-state index contributed by atoms with van der Waals surface area (Å²) in [6.45, 7) is 3.43. The van der Waals surface area contributed by atoms with Crippen molar-refractivity contribution < 1.29 is 13.6 Å². The number of nitrogens with one attached hydrogen (secondary N) is 1. The van der Waals surface area contributed by atoms with Crippen LogP contribution in [0.4, 0.5) is 8.78 Å². The van der Waals surface area contributed by atoms with Crippen molar-refractivity contribution in [2.75, 3.05) is 13.1 Å². The summed E-state index contributed by atoms with van der Waals surface area (Å²) in [6.07, 6.45) is 7.90. The molecule has 2 aromatic rings. The van der Waals surface area contributed by atoms with Gasteiger partial charge in [-0.2, -0.15) is 0 Å². The fourth-order valence-electron chi connectivity index (χ4n) is 7.27. The van der Waals surface area contributed by atoms with Crippen molar-refractivity contribution in [2.45, 2.75) is 114 Å². The van der Waals surface area contributed by atoms with Crippen molar-refractivity contribution in [2.24, 2.45) is 11.0 Å². The van der Waals surface area contributed by atoms with E-state index < -0.39 is 5.92 Å². The van der Waals surface area contributed by atoms with Gasteiger partial charge in [0.1, 0.15) is 11.6 Å². The maximum atomic E-state index is 13.7. The molecule has 0 spiro atoms. The summed E-state index contributed by atoms with van der Waals surface area (Å²) in [5.74, 6) is -1.09. The van der Waals surface area contributed by atoms with Gasteiger partial charge in [-0.3, -0.25) is 9.69 Å². The van der Waals surface area contributed by atoms with E-state index in [4.69, 9.17) is 5.53 Å². The molecular weight excluding hydrogens is 526 g/mol. The van der Waals surface area contributed by atoms with Crippen molar-refractivity contribution in [3.8, 4) is 0 Å². The number of azide groups is 1. The van der Waals surface area contributed by atoms with Crippen LogP contribution in [0.2, 0.25) is 0 Å². The van der Waals surface area contributed by atoms with Gasteiger partial charge in [0.2, 0.25) is 11.8 Å². The van der Waals surface area contributed by atoms with Gasteiger partial charge in [-0.15, -0.1) is 10.2 Å². The molecular formula is C30H42F2N8O. The molecule has 5 rings (SSSR count). The average molecular weight is 569 g/mol. The van der Waals surface area contributed by atoms with E-state index in [1.54, 1.807) is 0 Å². The average Bonchev–Trinajstić information content (AvgIpc) is 3.45. The zero-order valence-corrected chi connectivity index (χ0v) is 24.0. The van der Waals surface area contributed by atoms with Gasteiger partial charge in [0.05, 0.1) is 6.04 Å². The highest BCUT2D eigenvalue weighted by Crippen LogP contribution is 2.42. The highest BCUT2D eigenvalue weighted by Gasteiger charge is 2.42. The van der Waals surface area contributed by atoms with Crippen LogP contribution in [0.25, 0.3) is 10.4 Å². The van der Waals surface area contributed by atoms with Crippen LogP contribution in [-0.4, -0.2) is 56.7 Å². The maximum Gasteiger partial charge on any atom is 0.248 e. The standard InChI is InChI=1S/C30H42F2N8O/c1-21-36-37-28(9-5-6-17-34-38-33)40(21)26-19-24-10-11-25(20-26)39(24)18-14-27(22-7-3-2-4-8-22)35-29(41)23-12-15-30(31,32)16-13-23/h2-4,7-8,23-27H,5-6,9-20H2,1H3,(H,35,41)/t24?,25?,26?,27-/m0/s1. The van der Waals surface area contributed by atoms with E-state index in [-0.39, 0.29) is 43.6 Å². The summed E-state index contributed by atoms with van der Waals surface area (Å²) < 4.78 is 29.7. The first kappa shape index (κ1) is 29.5. The van der Waals surface area contributed by atoms with Gasteiger partial charge in [0.25, 0.3) is 0 Å². The lowest BCUT2D eigenvalue weighted by atomic mass is 9.86. The molecule has 1 aromatic heterocycles. The first-order chi connectivity index (χ1) is 19.8. The van der Waals surface area contributed by atoms with Crippen LogP contribution in [0.3, 0.4) is 0 Å². The van der Waals surface area contributed by atoms with Gasteiger partial charge in [0.15, 0.2) is 0 Å². The Labute approximate surface area is 240 Å². The van der Waals surface area contributed by atoms with E-state index in [0.29, 0.717) is 24.7 Å². The Morgan fingerprint density at radius 1 is 1.10 bits per heavy atom. The van der Waals surface area contributed by atoms with Gasteiger partial charge in [-0.1, -0.05) is 35.4 Å². The Morgan fingerprint density at radius 2 is 1.80 bits per heavy atom. The normalized spacial score (nSPS) is 25.0. The largest absolute Gasteiger partial charge is 0.349 e. The molecule has 3 fully saturated rings. The number of nitrogens with zero attached hydrogens (tertiary/aromatic N) is 7. The van der Waals surface area contributed by atoms with E-state index in [1.165, 1.54) is 12.8 Å². The predicted octanol–water partition coefficient (Wildman–Crippen LogP) is 6.46. The summed E-state index contributed by atoms with van der Waals surface area (Å²) in [4.78, 5) is 18.6. The van der Waals surface area contributed by atoms with Crippen LogP contribution < -0.4 is 5.32 Å². The van der Waals surface area contributed by atoms with E-state index >= 15 is 0 Å². The Hall–Kier alpha value is -3.04. The van der Waals surface area contributed by atoms with Crippen LogP contribution in [0, 0.1) is 12.8 Å². The molecule has 3 atom stereocenters. The number of rotatable bonds is 12. The van der Waals surface area contributed by atoms with E-state index in [2.05, 4.69) is 35.0 Å².